The minimum atomic E-state index is -0.578. The molecule has 0 aliphatic heterocycles. The fraction of sp³-hybridized carbons (Fsp3) is 0.143. The van der Waals surface area contributed by atoms with Gasteiger partial charge < -0.3 is 15.8 Å². The third-order valence-electron chi connectivity index (χ3n) is 4.01. The van der Waals surface area contributed by atoms with Crippen LogP contribution in [0.1, 0.15) is 21.5 Å². The molecule has 0 unspecified atom stereocenters. The van der Waals surface area contributed by atoms with E-state index in [4.69, 9.17) is 10.5 Å². The van der Waals surface area contributed by atoms with Crippen molar-refractivity contribution in [1.82, 2.24) is 10.3 Å². The van der Waals surface area contributed by atoms with Gasteiger partial charge in [-0.1, -0.05) is 12.1 Å². The normalized spacial score (nSPS) is 10.6. The highest BCUT2D eigenvalue weighted by Crippen LogP contribution is 2.20. The molecule has 28 heavy (non-hydrogen) atoms. The van der Waals surface area contributed by atoms with Crippen molar-refractivity contribution in [1.29, 1.82) is 0 Å². The molecule has 0 saturated carbocycles. The topological polar surface area (TPSA) is 77.2 Å². The second-order valence-corrected chi connectivity index (χ2v) is 6.20. The number of nitrogens with two attached hydrogens (primary N) is 1. The van der Waals surface area contributed by atoms with E-state index in [1.807, 2.05) is 24.3 Å². The van der Waals surface area contributed by atoms with Crippen LogP contribution in [0.4, 0.5) is 8.78 Å². The van der Waals surface area contributed by atoms with E-state index in [-0.39, 0.29) is 0 Å². The van der Waals surface area contributed by atoms with Crippen molar-refractivity contribution in [3.05, 3.63) is 89.1 Å². The molecule has 1 aromatic heterocycles. The lowest BCUT2D eigenvalue weighted by atomic mass is 10.1. The summed E-state index contributed by atoms with van der Waals surface area (Å²) in [5.74, 6) is -0.718. The molecule has 144 valence electrons. The zero-order valence-corrected chi connectivity index (χ0v) is 15.0. The number of carbonyl (C=O) groups is 1. The number of rotatable bonds is 8. The van der Waals surface area contributed by atoms with Crippen LogP contribution >= 0.6 is 0 Å². The molecule has 0 aliphatic rings. The number of halogens is 2. The molecule has 0 aliphatic carbocycles. The first-order valence-electron chi connectivity index (χ1n) is 8.68. The first kappa shape index (κ1) is 19.4. The number of primary amides is 1. The maximum atomic E-state index is 13.1. The summed E-state index contributed by atoms with van der Waals surface area (Å²) in [5.41, 5.74) is 7.14. The Labute approximate surface area is 161 Å². The van der Waals surface area contributed by atoms with E-state index in [9.17, 15) is 13.6 Å². The highest BCUT2D eigenvalue weighted by molar-refractivity contribution is 5.92. The summed E-state index contributed by atoms with van der Waals surface area (Å²) in [4.78, 5) is 15.1. The third kappa shape index (κ3) is 5.59. The van der Waals surface area contributed by atoms with Crippen LogP contribution in [0.2, 0.25) is 0 Å². The van der Waals surface area contributed by atoms with Crippen LogP contribution < -0.4 is 15.8 Å². The molecule has 0 radical (unpaired) electrons. The number of nitrogens with zero attached hydrogens (tertiary/aromatic N) is 1. The fourth-order valence-corrected chi connectivity index (χ4v) is 2.61. The average molecular weight is 383 g/mol. The van der Waals surface area contributed by atoms with Crippen LogP contribution in [0.25, 0.3) is 0 Å². The smallest absolute Gasteiger partial charge is 0.250 e. The molecule has 0 fully saturated rings. The van der Waals surface area contributed by atoms with Gasteiger partial charge in [-0.25, -0.2) is 13.8 Å². The van der Waals surface area contributed by atoms with Gasteiger partial charge in [0.25, 0.3) is 0 Å². The molecule has 1 heterocycles. The maximum absolute atomic E-state index is 13.1. The number of benzene rings is 2. The summed E-state index contributed by atoms with van der Waals surface area (Å²) >= 11 is 0. The third-order valence-corrected chi connectivity index (χ3v) is 4.01. The number of pyridine rings is 1. The van der Waals surface area contributed by atoms with Gasteiger partial charge in [-0.15, -0.1) is 0 Å². The number of nitrogens with one attached hydrogen (secondary N) is 1. The first-order chi connectivity index (χ1) is 13.5. The van der Waals surface area contributed by atoms with Gasteiger partial charge in [-0.3, -0.25) is 4.79 Å². The minimum absolute atomic E-state index is 0.316. The second kappa shape index (κ2) is 9.05. The van der Waals surface area contributed by atoms with Gasteiger partial charge in [0.15, 0.2) is 0 Å². The van der Waals surface area contributed by atoms with Crippen molar-refractivity contribution in [3.8, 4) is 11.6 Å². The van der Waals surface area contributed by atoms with E-state index >= 15 is 0 Å². The molecule has 3 N–H and O–H groups in total. The lowest BCUT2D eigenvalue weighted by Gasteiger charge is -2.08. The number of ether oxygens (including phenoxy) is 1. The first-order valence-corrected chi connectivity index (χ1v) is 8.68. The largest absolute Gasteiger partial charge is 0.439 e. The molecule has 0 atom stereocenters. The molecule has 0 saturated heterocycles. The van der Waals surface area contributed by atoms with E-state index in [1.165, 1.54) is 18.3 Å². The van der Waals surface area contributed by atoms with Gasteiger partial charge in [0.05, 0.1) is 5.56 Å². The number of amides is 1. The van der Waals surface area contributed by atoms with E-state index < -0.39 is 17.5 Å². The standard InChI is InChI=1S/C21H19F2N3O2/c22-17-9-15(10-18(23)11-17)12-25-8-7-14-1-4-19(5-2-14)28-20-6-3-16(13-26-20)21(24)27/h1-6,9-11,13,25H,7-8,12H2,(H2,24,27). The van der Waals surface area contributed by atoms with E-state index in [0.717, 1.165) is 18.1 Å². The Kier molecular flexibility index (Phi) is 6.29. The monoisotopic (exact) mass is 383 g/mol. The predicted molar refractivity (Wildman–Crippen MR) is 101 cm³/mol. The van der Waals surface area contributed by atoms with Crippen LogP contribution in [0.3, 0.4) is 0 Å². The van der Waals surface area contributed by atoms with Crippen LogP contribution in [0, 0.1) is 11.6 Å². The van der Waals surface area contributed by atoms with E-state index in [1.54, 1.807) is 12.1 Å². The lowest BCUT2D eigenvalue weighted by Crippen LogP contribution is -2.16. The Hall–Kier alpha value is -3.32. The van der Waals surface area contributed by atoms with Crippen LogP contribution in [-0.4, -0.2) is 17.4 Å². The number of hydrogen-bond acceptors (Lipinski definition) is 4. The van der Waals surface area contributed by atoms with Gasteiger partial charge >= 0.3 is 0 Å². The Morgan fingerprint density at radius 3 is 2.32 bits per heavy atom. The SMILES string of the molecule is NC(=O)c1ccc(Oc2ccc(CCNCc3cc(F)cc(F)c3)cc2)nc1. The molecule has 3 aromatic rings. The van der Waals surface area contributed by atoms with E-state index in [0.29, 0.717) is 35.8 Å². The Morgan fingerprint density at radius 1 is 1.00 bits per heavy atom. The number of carbonyl (C=O) groups excluding carboxylic acids is 1. The molecular formula is C21H19F2N3O2. The molecule has 0 spiro atoms. The van der Waals surface area contributed by atoms with Gasteiger partial charge in [-0.05, 0) is 54.4 Å². The average Bonchev–Trinajstić information content (AvgIpc) is 2.66. The van der Waals surface area contributed by atoms with Gasteiger partial charge in [0.1, 0.15) is 17.4 Å². The minimum Gasteiger partial charge on any atom is -0.439 e. The van der Waals surface area contributed by atoms with Crippen molar-refractivity contribution >= 4 is 5.91 Å². The van der Waals surface area contributed by atoms with Crippen molar-refractivity contribution in [2.75, 3.05) is 6.54 Å². The second-order valence-electron chi connectivity index (χ2n) is 6.20. The summed E-state index contributed by atoms with van der Waals surface area (Å²) in [6.07, 6.45) is 2.12. The molecule has 7 heteroatoms. The fourth-order valence-electron chi connectivity index (χ4n) is 2.61. The predicted octanol–water partition coefficient (Wildman–Crippen LogP) is 3.58. The summed E-state index contributed by atoms with van der Waals surface area (Å²) < 4.78 is 31.9. The highest BCUT2D eigenvalue weighted by atomic mass is 19.1. The Morgan fingerprint density at radius 2 is 1.71 bits per heavy atom. The molecule has 1 amide bonds. The van der Waals surface area contributed by atoms with Crippen LogP contribution in [0.15, 0.2) is 60.8 Å². The molecule has 5 nitrogen and oxygen atoms in total. The summed E-state index contributed by atoms with van der Waals surface area (Å²) in [5, 5.41) is 3.16. The molecule has 3 rings (SSSR count). The summed E-state index contributed by atoms with van der Waals surface area (Å²) in [6, 6.07) is 14.1. The van der Waals surface area contributed by atoms with Crippen molar-refractivity contribution < 1.29 is 18.3 Å². The summed E-state index contributed by atoms with van der Waals surface area (Å²) in [6.45, 7) is 1.05. The van der Waals surface area contributed by atoms with Crippen molar-refractivity contribution in [3.63, 3.8) is 0 Å². The molecular weight excluding hydrogens is 364 g/mol. The van der Waals surface area contributed by atoms with Crippen LogP contribution in [0.5, 0.6) is 11.6 Å². The zero-order valence-electron chi connectivity index (χ0n) is 15.0. The molecule has 0 bridgehead atoms. The van der Waals surface area contributed by atoms with Gasteiger partial charge in [0.2, 0.25) is 11.8 Å². The maximum Gasteiger partial charge on any atom is 0.250 e. The van der Waals surface area contributed by atoms with Gasteiger partial charge in [-0.2, -0.15) is 0 Å². The van der Waals surface area contributed by atoms with Crippen molar-refractivity contribution in [2.24, 2.45) is 5.73 Å². The molecule has 2 aromatic carbocycles. The Balaban J connectivity index is 1.47. The van der Waals surface area contributed by atoms with Gasteiger partial charge in [0, 0.05) is 24.9 Å². The van der Waals surface area contributed by atoms with E-state index in [2.05, 4.69) is 10.3 Å². The highest BCUT2D eigenvalue weighted by Gasteiger charge is 2.04. The summed E-state index contributed by atoms with van der Waals surface area (Å²) in [7, 11) is 0. The number of aromatic nitrogens is 1. The lowest BCUT2D eigenvalue weighted by molar-refractivity contribution is 0.1000. The zero-order chi connectivity index (χ0) is 19.9. The number of hydrogen-bond donors (Lipinski definition) is 2. The Bertz CT molecular complexity index is 925. The van der Waals surface area contributed by atoms with Crippen molar-refractivity contribution in [2.45, 2.75) is 13.0 Å². The quantitative estimate of drug-likeness (QED) is 0.583. The van der Waals surface area contributed by atoms with Crippen LogP contribution in [-0.2, 0) is 13.0 Å².